The number of aryl methyl sites for hydroxylation is 2. The molecule has 6 nitrogen and oxygen atoms in total. The van der Waals surface area contributed by atoms with Crippen LogP contribution >= 0.6 is 0 Å². The molecule has 3 N–H and O–H groups in total. The van der Waals surface area contributed by atoms with Crippen molar-refractivity contribution < 1.29 is 5.11 Å². The van der Waals surface area contributed by atoms with Gasteiger partial charge in [-0.2, -0.15) is 5.10 Å². The lowest BCUT2D eigenvalue weighted by atomic mass is 9.79. The van der Waals surface area contributed by atoms with Crippen LogP contribution in [0.25, 0.3) is 0 Å². The molecule has 0 aliphatic heterocycles. The van der Waals surface area contributed by atoms with Gasteiger partial charge in [-0.3, -0.25) is 9.67 Å². The zero-order valence-electron chi connectivity index (χ0n) is 17.8. The summed E-state index contributed by atoms with van der Waals surface area (Å²) in [6.45, 7) is 14.6. The fourth-order valence-corrected chi connectivity index (χ4v) is 3.41. The van der Waals surface area contributed by atoms with Crippen LogP contribution in [0, 0.1) is 19.3 Å². The molecule has 6 heteroatoms. The standard InChI is InChI=1S/C20H39N5O/c1-8-20(9-2,11-12-26)14-22-19(21-10-3)23-15(4)13-18-16(5)24-25(7)17(18)6/h15,26H,8-14H2,1-7H3,(H2,21,22,23). The molecule has 0 bridgehead atoms. The van der Waals surface area contributed by atoms with E-state index in [1.54, 1.807) is 0 Å². The monoisotopic (exact) mass is 365 g/mol. The molecule has 0 radical (unpaired) electrons. The van der Waals surface area contributed by atoms with Crippen LogP contribution in [0.5, 0.6) is 0 Å². The minimum atomic E-state index is 0.0802. The molecule has 0 saturated carbocycles. The van der Waals surface area contributed by atoms with Crippen molar-refractivity contribution in [2.45, 2.75) is 73.3 Å². The lowest BCUT2D eigenvalue weighted by molar-refractivity contribution is 0.175. The number of nitrogens with zero attached hydrogens (tertiary/aromatic N) is 3. The third kappa shape index (κ3) is 6.01. The second kappa shape index (κ2) is 10.6. The van der Waals surface area contributed by atoms with Gasteiger partial charge in [0.25, 0.3) is 0 Å². The Morgan fingerprint density at radius 1 is 1.27 bits per heavy atom. The van der Waals surface area contributed by atoms with Crippen LogP contribution in [0.4, 0.5) is 0 Å². The van der Waals surface area contributed by atoms with Crippen molar-refractivity contribution in [3.63, 3.8) is 0 Å². The summed E-state index contributed by atoms with van der Waals surface area (Å²) < 4.78 is 1.95. The smallest absolute Gasteiger partial charge is 0.191 e. The van der Waals surface area contributed by atoms with Gasteiger partial charge in [-0.1, -0.05) is 13.8 Å². The van der Waals surface area contributed by atoms with Gasteiger partial charge in [0.1, 0.15) is 0 Å². The van der Waals surface area contributed by atoms with E-state index in [0.29, 0.717) is 0 Å². The van der Waals surface area contributed by atoms with E-state index in [0.717, 1.165) is 50.4 Å². The highest BCUT2D eigenvalue weighted by atomic mass is 16.3. The number of guanidine groups is 1. The first-order chi connectivity index (χ1) is 12.3. The van der Waals surface area contributed by atoms with Crippen molar-refractivity contribution in [1.29, 1.82) is 0 Å². The first-order valence-electron chi connectivity index (χ1n) is 9.97. The van der Waals surface area contributed by atoms with Crippen LogP contribution in [0.3, 0.4) is 0 Å². The minimum Gasteiger partial charge on any atom is -0.396 e. The lowest BCUT2D eigenvalue weighted by Gasteiger charge is -2.30. The molecule has 0 aliphatic rings. The molecule has 0 fully saturated rings. The molecule has 0 saturated heterocycles. The molecule has 1 rings (SSSR count). The van der Waals surface area contributed by atoms with Gasteiger partial charge in [0.05, 0.1) is 5.69 Å². The summed E-state index contributed by atoms with van der Waals surface area (Å²) in [5.74, 6) is 0.850. The number of rotatable bonds is 10. The van der Waals surface area contributed by atoms with Gasteiger partial charge in [-0.15, -0.1) is 0 Å². The van der Waals surface area contributed by atoms with Gasteiger partial charge in [0.2, 0.25) is 0 Å². The van der Waals surface area contributed by atoms with Crippen LogP contribution in [0.1, 0.15) is 63.9 Å². The van der Waals surface area contributed by atoms with Crippen LogP contribution in [0.2, 0.25) is 0 Å². The van der Waals surface area contributed by atoms with Gasteiger partial charge in [0.15, 0.2) is 5.96 Å². The normalized spacial score (nSPS) is 13.8. The van der Waals surface area contributed by atoms with E-state index in [1.807, 2.05) is 11.7 Å². The molecule has 0 spiro atoms. The SMILES string of the molecule is CCNC(=NCC(CC)(CC)CCO)NC(C)Cc1c(C)nn(C)c1C. The number of hydrogen-bond acceptors (Lipinski definition) is 3. The van der Waals surface area contributed by atoms with Crippen LogP contribution < -0.4 is 10.6 Å². The predicted molar refractivity (Wildman–Crippen MR) is 110 cm³/mol. The Hall–Kier alpha value is -1.56. The third-order valence-corrected chi connectivity index (χ3v) is 5.61. The average molecular weight is 366 g/mol. The molecular formula is C20H39N5O. The number of nitrogens with one attached hydrogen (secondary N) is 2. The molecule has 1 aromatic heterocycles. The molecule has 150 valence electrons. The Morgan fingerprint density at radius 2 is 1.92 bits per heavy atom. The van der Waals surface area contributed by atoms with Gasteiger partial charge in [-0.05, 0) is 64.4 Å². The third-order valence-electron chi connectivity index (χ3n) is 5.61. The fraction of sp³-hybridized carbons (Fsp3) is 0.800. The number of aliphatic hydroxyl groups is 1. The molecule has 1 heterocycles. The van der Waals surface area contributed by atoms with E-state index in [9.17, 15) is 5.11 Å². The Morgan fingerprint density at radius 3 is 2.38 bits per heavy atom. The zero-order chi connectivity index (χ0) is 19.7. The molecule has 1 atom stereocenters. The highest BCUT2D eigenvalue weighted by molar-refractivity contribution is 5.80. The van der Waals surface area contributed by atoms with Crippen molar-refractivity contribution in [1.82, 2.24) is 20.4 Å². The average Bonchev–Trinajstić information content (AvgIpc) is 2.85. The molecule has 1 aromatic rings. The van der Waals surface area contributed by atoms with E-state index < -0.39 is 0 Å². The second-order valence-corrected chi connectivity index (χ2v) is 7.40. The zero-order valence-corrected chi connectivity index (χ0v) is 17.8. The number of aliphatic hydroxyl groups excluding tert-OH is 1. The summed E-state index contributed by atoms with van der Waals surface area (Å²) in [6.07, 6.45) is 3.76. The largest absolute Gasteiger partial charge is 0.396 e. The van der Waals surface area contributed by atoms with Crippen LogP contribution in [-0.2, 0) is 13.5 Å². The van der Waals surface area contributed by atoms with Gasteiger partial charge in [0, 0.05) is 38.5 Å². The van der Waals surface area contributed by atoms with Crippen molar-refractivity contribution in [2.75, 3.05) is 19.7 Å². The Bertz CT molecular complexity index is 575. The molecule has 0 aromatic carbocycles. The van der Waals surface area contributed by atoms with Gasteiger partial charge in [-0.25, -0.2) is 0 Å². The molecule has 26 heavy (non-hydrogen) atoms. The topological polar surface area (TPSA) is 74.5 Å². The number of aliphatic imine (C=N–C) groups is 1. The summed E-state index contributed by atoms with van der Waals surface area (Å²) in [5.41, 5.74) is 3.70. The summed E-state index contributed by atoms with van der Waals surface area (Å²) in [7, 11) is 1.99. The van der Waals surface area contributed by atoms with Crippen molar-refractivity contribution in [2.24, 2.45) is 17.5 Å². The highest BCUT2D eigenvalue weighted by Gasteiger charge is 2.25. The first kappa shape index (κ1) is 22.5. The maximum atomic E-state index is 9.41. The van der Waals surface area contributed by atoms with E-state index in [1.165, 1.54) is 11.3 Å². The molecule has 1 unspecified atom stereocenters. The van der Waals surface area contributed by atoms with Crippen molar-refractivity contribution in [3.8, 4) is 0 Å². The summed E-state index contributed by atoms with van der Waals surface area (Å²) >= 11 is 0. The lowest BCUT2D eigenvalue weighted by Crippen LogP contribution is -2.44. The number of hydrogen-bond donors (Lipinski definition) is 3. The summed E-state index contributed by atoms with van der Waals surface area (Å²) in [5, 5.41) is 20.8. The van der Waals surface area contributed by atoms with Gasteiger partial charge < -0.3 is 15.7 Å². The van der Waals surface area contributed by atoms with Crippen LogP contribution in [0.15, 0.2) is 4.99 Å². The Labute approximate surface area is 159 Å². The predicted octanol–water partition coefficient (Wildman–Crippen LogP) is 2.71. The second-order valence-electron chi connectivity index (χ2n) is 7.40. The Kier molecular flexibility index (Phi) is 9.13. The fourth-order valence-electron chi connectivity index (χ4n) is 3.41. The first-order valence-corrected chi connectivity index (χ1v) is 9.97. The van der Waals surface area contributed by atoms with Gasteiger partial charge >= 0.3 is 0 Å². The molecule has 0 amide bonds. The van der Waals surface area contributed by atoms with E-state index in [-0.39, 0.29) is 18.1 Å². The highest BCUT2D eigenvalue weighted by Crippen LogP contribution is 2.30. The van der Waals surface area contributed by atoms with E-state index >= 15 is 0 Å². The molecular weight excluding hydrogens is 326 g/mol. The maximum Gasteiger partial charge on any atom is 0.191 e. The van der Waals surface area contributed by atoms with E-state index in [2.05, 4.69) is 57.3 Å². The molecule has 0 aliphatic carbocycles. The quantitative estimate of drug-likeness (QED) is 0.440. The summed E-state index contributed by atoms with van der Waals surface area (Å²) in [6, 6.07) is 0.255. The van der Waals surface area contributed by atoms with Crippen LogP contribution in [-0.4, -0.2) is 46.6 Å². The minimum absolute atomic E-state index is 0.0802. The van der Waals surface area contributed by atoms with Crippen molar-refractivity contribution >= 4 is 5.96 Å². The van der Waals surface area contributed by atoms with Crippen molar-refractivity contribution in [3.05, 3.63) is 17.0 Å². The summed E-state index contributed by atoms with van der Waals surface area (Å²) in [4.78, 5) is 4.84. The van der Waals surface area contributed by atoms with E-state index in [4.69, 9.17) is 4.99 Å². The maximum absolute atomic E-state index is 9.41. The Balaban J connectivity index is 2.82. The number of aromatic nitrogens is 2.